The van der Waals surface area contributed by atoms with Crippen LogP contribution in [-0.4, -0.2) is 10.2 Å². The van der Waals surface area contributed by atoms with Gasteiger partial charge in [0.25, 0.3) is 0 Å². The Morgan fingerprint density at radius 2 is 2.00 bits per heavy atom. The Balaban J connectivity index is 2.19. The summed E-state index contributed by atoms with van der Waals surface area (Å²) in [7, 11) is 0. The van der Waals surface area contributed by atoms with Crippen molar-refractivity contribution in [2.24, 2.45) is 0 Å². The summed E-state index contributed by atoms with van der Waals surface area (Å²) in [5.41, 5.74) is 1.56. The van der Waals surface area contributed by atoms with Crippen LogP contribution in [0.2, 0.25) is 0 Å². The largest absolute Gasteiger partial charge is 0.207 e. The van der Waals surface area contributed by atoms with Crippen molar-refractivity contribution >= 4 is 12.2 Å². The molecule has 0 aliphatic heterocycles. The summed E-state index contributed by atoms with van der Waals surface area (Å²) in [4.78, 5) is 0. The molecule has 0 saturated carbocycles. The third kappa shape index (κ3) is 2.71. The highest BCUT2D eigenvalue weighted by Crippen LogP contribution is 2.07. The molecule has 1 aromatic heterocycles. The van der Waals surface area contributed by atoms with Crippen LogP contribution in [0, 0.1) is 5.82 Å². The Morgan fingerprint density at radius 3 is 2.73 bits per heavy atom. The van der Waals surface area contributed by atoms with Crippen molar-refractivity contribution in [2.45, 2.75) is 0 Å². The maximum Gasteiger partial charge on any atom is 0.123 e. The zero-order valence-corrected chi connectivity index (χ0v) is 7.97. The Hall–Kier alpha value is -2.03. The fourth-order valence-electron chi connectivity index (χ4n) is 1.19. The van der Waals surface area contributed by atoms with Gasteiger partial charge in [0, 0.05) is 6.20 Å². The first-order valence-corrected chi connectivity index (χ1v) is 4.56. The maximum atomic E-state index is 12.8. The predicted octanol–water partition coefficient (Wildman–Crippen LogP) is 2.79. The lowest BCUT2D eigenvalue weighted by atomic mass is 10.2. The maximum absolute atomic E-state index is 12.8. The number of hydrogen-bond acceptors (Lipinski definition) is 2. The fourth-order valence-corrected chi connectivity index (χ4v) is 1.19. The number of nitrogens with zero attached hydrogens (tertiary/aromatic N) is 2. The molecule has 0 radical (unpaired) electrons. The zero-order valence-electron chi connectivity index (χ0n) is 7.97. The standard InChI is InChI=1S/C12H9FN2/c13-11-4-1-3-10(9-11)6-7-12-5-2-8-14-15-12/h1-9H/b7-6+. The van der Waals surface area contributed by atoms with Crippen LogP contribution in [-0.2, 0) is 0 Å². The van der Waals surface area contributed by atoms with Crippen LogP contribution >= 0.6 is 0 Å². The number of halogens is 1. The van der Waals surface area contributed by atoms with Gasteiger partial charge >= 0.3 is 0 Å². The molecule has 0 aliphatic carbocycles. The van der Waals surface area contributed by atoms with E-state index in [0.29, 0.717) is 0 Å². The Morgan fingerprint density at radius 1 is 1.07 bits per heavy atom. The molecule has 0 amide bonds. The van der Waals surface area contributed by atoms with Gasteiger partial charge in [0.15, 0.2) is 0 Å². The topological polar surface area (TPSA) is 25.8 Å². The van der Waals surface area contributed by atoms with Crippen molar-refractivity contribution in [3.8, 4) is 0 Å². The second-order valence-electron chi connectivity index (χ2n) is 3.04. The van der Waals surface area contributed by atoms with Crippen LogP contribution < -0.4 is 0 Å². The third-order valence-electron chi connectivity index (χ3n) is 1.89. The second kappa shape index (κ2) is 4.46. The van der Waals surface area contributed by atoms with E-state index in [1.165, 1.54) is 12.1 Å². The monoisotopic (exact) mass is 200 g/mol. The lowest BCUT2D eigenvalue weighted by Gasteiger charge is -1.93. The smallest absolute Gasteiger partial charge is 0.123 e. The van der Waals surface area contributed by atoms with Gasteiger partial charge in [-0.1, -0.05) is 18.2 Å². The molecule has 0 spiro atoms. The molecular weight excluding hydrogens is 191 g/mol. The van der Waals surface area contributed by atoms with E-state index >= 15 is 0 Å². The second-order valence-corrected chi connectivity index (χ2v) is 3.04. The minimum Gasteiger partial charge on any atom is -0.207 e. The summed E-state index contributed by atoms with van der Waals surface area (Å²) >= 11 is 0. The van der Waals surface area contributed by atoms with Crippen molar-refractivity contribution in [1.82, 2.24) is 10.2 Å². The SMILES string of the molecule is Fc1cccc(/C=C/c2cccnn2)c1. The number of hydrogen-bond donors (Lipinski definition) is 0. The minimum absolute atomic E-state index is 0.240. The first kappa shape index (κ1) is 9.52. The van der Waals surface area contributed by atoms with E-state index in [1.54, 1.807) is 30.5 Å². The average molecular weight is 200 g/mol. The minimum atomic E-state index is -0.240. The van der Waals surface area contributed by atoms with Gasteiger partial charge < -0.3 is 0 Å². The molecule has 2 nitrogen and oxygen atoms in total. The van der Waals surface area contributed by atoms with Crippen LogP contribution in [0.4, 0.5) is 4.39 Å². The van der Waals surface area contributed by atoms with E-state index in [2.05, 4.69) is 10.2 Å². The molecule has 0 fully saturated rings. The molecule has 0 saturated heterocycles. The van der Waals surface area contributed by atoms with Crippen molar-refractivity contribution in [3.63, 3.8) is 0 Å². The van der Waals surface area contributed by atoms with Gasteiger partial charge in [-0.25, -0.2) is 4.39 Å². The van der Waals surface area contributed by atoms with Gasteiger partial charge in [-0.2, -0.15) is 10.2 Å². The Kier molecular flexibility index (Phi) is 2.83. The number of benzene rings is 1. The van der Waals surface area contributed by atoms with E-state index < -0.39 is 0 Å². The summed E-state index contributed by atoms with van der Waals surface area (Å²) in [5.74, 6) is -0.240. The molecule has 74 valence electrons. The van der Waals surface area contributed by atoms with Gasteiger partial charge in [-0.05, 0) is 35.9 Å². The molecular formula is C12H9FN2. The van der Waals surface area contributed by atoms with Crippen LogP contribution in [0.25, 0.3) is 12.2 Å². The summed E-state index contributed by atoms with van der Waals surface area (Å²) in [6.07, 6.45) is 5.20. The summed E-state index contributed by atoms with van der Waals surface area (Å²) in [5, 5.41) is 7.62. The van der Waals surface area contributed by atoms with Crippen LogP contribution in [0.5, 0.6) is 0 Å². The predicted molar refractivity (Wildman–Crippen MR) is 57.4 cm³/mol. The van der Waals surface area contributed by atoms with E-state index in [1.807, 2.05) is 12.1 Å². The van der Waals surface area contributed by atoms with Crippen molar-refractivity contribution in [2.75, 3.05) is 0 Å². The van der Waals surface area contributed by atoms with Gasteiger partial charge in [0.2, 0.25) is 0 Å². The van der Waals surface area contributed by atoms with E-state index in [0.717, 1.165) is 11.3 Å². The van der Waals surface area contributed by atoms with Gasteiger partial charge in [0.1, 0.15) is 5.82 Å². The van der Waals surface area contributed by atoms with Crippen molar-refractivity contribution < 1.29 is 4.39 Å². The average Bonchev–Trinajstić information content (AvgIpc) is 2.28. The Labute approximate surface area is 87.1 Å². The zero-order chi connectivity index (χ0) is 10.5. The van der Waals surface area contributed by atoms with E-state index in [9.17, 15) is 4.39 Å². The van der Waals surface area contributed by atoms with Crippen LogP contribution in [0.3, 0.4) is 0 Å². The number of aromatic nitrogens is 2. The van der Waals surface area contributed by atoms with E-state index in [4.69, 9.17) is 0 Å². The normalized spacial score (nSPS) is 10.7. The van der Waals surface area contributed by atoms with Gasteiger partial charge in [-0.3, -0.25) is 0 Å². The van der Waals surface area contributed by atoms with Gasteiger partial charge in [-0.15, -0.1) is 0 Å². The summed E-state index contributed by atoms with van der Waals surface area (Å²) < 4.78 is 12.8. The third-order valence-corrected chi connectivity index (χ3v) is 1.89. The number of rotatable bonds is 2. The summed E-state index contributed by atoms with van der Waals surface area (Å²) in [6, 6.07) is 10.0. The molecule has 0 N–H and O–H groups in total. The van der Waals surface area contributed by atoms with Crippen molar-refractivity contribution in [1.29, 1.82) is 0 Å². The molecule has 0 atom stereocenters. The highest BCUT2D eigenvalue weighted by atomic mass is 19.1. The molecule has 0 aliphatic rings. The van der Waals surface area contributed by atoms with Gasteiger partial charge in [0.05, 0.1) is 5.69 Å². The molecule has 2 aromatic rings. The molecule has 0 unspecified atom stereocenters. The molecule has 3 heteroatoms. The lowest BCUT2D eigenvalue weighted by molar-refractivity contribution is 0.627. The molecule has 1 heterocycles. The first-order chi connectivity index (χ1) is 7.34. The quantitative estimate of drug-likeness (QED) is 0.744. The van der Waals surface area contributed by atoms with Crippen molar-refractivity contribution in [3.05, 3.63) is 59.7 Å². The molecule has 2 rings (SSSR count). The fraction of sp³-hybridized carbons (Fsp3) is 0. The summed E-state index contributed by atoms with van der Waals surface area (Å²) in [6.45, 7) is 0. The van der Waals surface area contributed by atoms with Crippen LogP contribution in [0.1, 0.15) is 11.3 Å². The first-order valence-electron chi connectivity index (χ1n) is 4.56. The lowest BCUT2D eigenvalue weighted by Crippen LogP contribution is -1.82. The Bertz CT molecular complexity index is 466. The molecule has 0 bridgehead atoms. The molecule has 15 heavy (non-hydrogen) atoms. The molecule has 1 aromatic carbocycles. The highest BCUT2D eigenvalue weighted by molar-refractivity contribution is 5.67. The highest BCUT2D eigenvalue weighted by Gasteiger charge is 1.91. The van der Waals surface area contributed by atoms with E-state index in [-0.39, 0.29) is 5.82 Å². The van der Waals surface area contributed by atoms with Crippen LogP contribution in [0.15, 0.2) is 42.6 Å².